The molecule has 1 aromatic carbocycles. The maximum absolute atomic E-state index is 14.8. The maximum atomic E-state index is 14.8. The summed E-state index contributed by atoms with van der Waals surface area (Å²) in [6.07, 6.45) is 12.7. The average Bonchev–Trinajstić information content (AvgIpc) is 3.12. The summed E-state index contributed by atoms with van der Waals surface area (Å²) >= 11 is 0. The van der Waals surface area contributed by atoms with Crippen molar-refractivity contribution in [3.8, 4) is 0 Å². The third-order valence-electron chi connectivity index (χ3n) is 5.14. The Morgan fingerprint density at radius 2 is 2.03 bits per heavy atom. The van der Waals surface area contributed by atoms with Crippen molar-refractivity contribution in [3.63, 3.8) is 0 Å². The van der Waals surface area contributed by atoms with Gasteiger partial charge in [0.05, 0.1) is 23.9 Å². The zero-order valence-corrected chi connectivity index (χ0v) is 20.5. The van der Waals surface area contributed by atoms with E-state index in [0.717, 1.165) is 15.9 Å². The lowest BCUT2D eigenvalue weighted by Crippen LogP contribution is -2.32. The van der Waals surface area contributed by atoms with Crippen LogP contribution < -0.4 is 5.30 Å². The summed E-state index contributed by atoms with van der Waals surface area (Å²) in [5, 5.41) is 6.45. The number of carbonyl (C=O) groups is 1. The second kappa shape index (κ2) is 13.4. The van der Waals surface area contributed by atoms with Crippen molar-refractivity contribution in [2.24, 2.45) is 5.10 Å². The molecule has 1 amide bonds. The van der Waals surface area contributed by atoms with Crippen molar-refractivity contribution in [1.29, 1.82) is 0 Å². The summed E-state index contributed by atoms with van der Waals surface area (Å²) < 4.78 is 29.0. The molecule has 2 aliphatic rings. The minimum Gasteiger partial charge on any atom is -0.363 e. The lowest BCUT2D eigenvalue weighted by Gasteiger charge is -2.28. The van der Waals surface area contributed by atoms with E-state index in [1.54, 1.807) is 36.3 Å². The van der Waals surface area contributed by atoms with Gasteiger partial charge in [-0.3, -0.25) is 4.79 Å². The molecule has 0 N–H and O–H groups in total. The Kier molecular flexibility index (Phi) is 10.6. The highest BCUT2D eigenvalue weighted by molar-refractivity contribution is 7.27. The molecule has 0 saturated heterocycles. The molecule has 4 nitrogen and oxygen atoms in total. The number of hydrogen-bond donors (Lipinski definition) is 0. The van der Waals surface area contributed by atoms with Crippen molar-refractivity contribution in [1.82, 2.24) is 9.91 Å². The first kappa shape index (κ1) is 26.9. The standard InChI is InChI=1S/C25H26F2N3OP.C2H4/c1-3-4-5-11-20(26)16-30-25(31)21-17-29(15-19-10-6-9-14-24(19)32)18(2)22(27)12-7-8-13-23(21)28-30;1-2/h3-12,14,17-18H,1,13,15-16,32H2,2H3;1-2H2/b5-4-,8-7-,20-11+,21-17+,22-12+;. The van der Waals surface area contributed by atoms with Gasteiger partial charge in [-0.15, -0.1) is 22.4 Å². The molecule has 0 fully saturated rings. The first-order valence-electron chi connectivity index (χ1n) is 10.8. The van der Waals surface area contributed by atoms with Gasteiger partial charge in [0.25, 0.3) is 5.91 Å². The van der Waals surface area contributed by atoms with Gasteiger partial charge in [-0.1, -0.05) is 61.2 Å². The molecule has 2 heterocycles. The monoisotopic (exact) mass is 481 g/mol. The van der Waals surface area contributed by atoms with Crippen LogP contribution >= 0.6 is 9.24 Å². The third kappa shape index (κ3) is 7.06. The van der Waals surface area contributed by atoms with E-state index in [0.29, 0.717) is 24.3 Å². The molecule has 7 heteroatoms. The topological polar surface area (TPSA) is 35.9 Å². The summed E-state index contributed by atoms with van der Waals surface area (Å²) in [5.41, 5.74) is 1.85. The van der Waals surface area contributed by atoms with Gasteiger partial charge in [-0.05, 0) is 29.9 Å². The Morgan fingerprint density at radius 1 is 1.29 bits per heavy atom. The lowest BCUT2D eigenvalue weighted by atomic mass is 10.1. The largest absolute Gasteiger partial charge is 0.363 e. The molecule has 0 saturated carbocycles. The average molecular weight is 482 g/mol. The van der Waals surface area contributed by atoms with Crippen molar-refractivity contribution in [2.45, 2.75) is 25.9 Å². The molecule has 2 aliphatic heterocycles. The second-order valence-corrected chi connectivity index (χ2v) is 8.04. The number of rotatable bonds is 6. The van der Waals surface area contributed by atoms with E-state index in [2.05, 4.69) is 34.1 Å². The number of fused-ring (bicyclic) bond motifs is 1. The molecule has 178 valence electrons. The Hall–Kier alpha value is -3.37. The van der Waals surface area contributed by atoms with Crippen LogP contribution in [0.2, 0.25) is 0 Å². The summed E-state index contributed by atoms with van der Waals surface area (Å²) in [7, 11) is 2.68. The molecule has 1 aromatic rings. The van der Waals surface area contributed by atoms with E-state index in [1.165, 1.54) is 24.3 Å². The minimum atomic E-state index is -0.598. The summed E-state index contributed by atoms with van der Waals surface area (Å²) in [5.74, 6) is -1.23. The number of benzene rings is 1. The molecule has 3 rings (SSSR count). The third-order valence-corrected chi connectivity index (χ3v) is 5.71. The molecule has 34 heavy (non-hydrogen) atoms. The second-order valence-electron chi connectivity index (χ2n) is 7.42. The number of hydrazone groups is 1. The molecule has 0 radical (unpaired) electrons. The Bertz CT molecular complexity index is 1090. The highest BCUT2D eigenvalue weighted by Gasteiger charge is 2.32. The number of amides is 1. The van der Waals surface area contributed by atoms with Gasteiger partial charge in [0.2, 0.25) is 0 Å². The lowest BCUT2D eigenvalue weighted by molar-refractivity contribution is -0.125. The van der Waals surface area contributed by atoms with Crippen LogP contribution in [0.1, 0.15) is 18.9 Å². The predicted octanol–water partition coefficient (Wildman–Crippen LogP) is 5.67. The van der Waals surface area contributed by atoms with E-state index < -0.39 is 17.8 Å². The van der Waals surface area contributed by atoms with Crippen LogP contribution in [-0.4, -0.2) is 34.1 Å². The fourth-order valence-electron chi connectivity index (χ4n) is 3.30. The molecular weight excluding hydrogens is 451 g/mol. The molecule has 0 spiro atoms. The van der Waals surface area contributed by atoms with Gasteiger partial charge < -0.3 is 4.90 Å². The number of allylic oxidation sites excluding steroid dienone is 7. The highest BCUT2D eigenvalue weighted by atomic mass is 31.0. The zero-order chi connectivity index (χ0) is 25.1. The number of carbonyl (C=O) groups excluding carboxylic acids is 1. The van der Waals surface area contributed by atoms with E-state index in [-0.39, 0.29) is 12.4 Å². The Balaban J connectivity index is 0.00000199. The predicted molar refractivity (Wildman–Crippen MR) is 141 cm³/mol. The Morgan fingerprint density at radius 3 is 2.74 bits per heavy atom. The van der Waals surface area contributed by atoms with Gasteiger partial charge >= 0.3 is 0 Å². The van der Waals surface area contributed by atoms with E-state index in [4.69, 9.17) is 0 Å². The SMILES string of the molecule is C=C.C=C/C=C\C=C(\F)CN1N=C2C/C=C\C=C(\F)C(C)N(Cc3ccccc3P)/C=C\2C1=O. The van der Waals surface area contributed by atoms with Crippen molar-refractivity contribution in [2.75, 3.05) is 6.54 Å². The maximum Gasteiger partial charge on any atom is 0.277 e. The van der Waals surface area contributed by atoms with Gasteiger partial charge in [-0.25, -0.2) is 13.8 Å². The number of halogens is 2. The van der Waals surface area contributed by atoms with Crippen molar-refractivity contribution in [3.05, 3.63) is 116 Å². The van der Waals surface area contributed by atoms with Crippen LogP contribution in [0, 0.1) is 0 Å². The van der Waals surface area contributed by atoms with E-state index >= 15 is 0 Å². The van der Waals surface area contributed by atoms with Crippen LogP contribution in [0.15, 0.2) is 115 Å². The summed E-state index contributed by atoms with van der Waals surface area (Å²) in [4.78, 5) is 14.9. The Labute approximate surface area is 202 Å². The van der Waals surface area contributed by atoms with Gasteiger partial charge in [0, 0.05) is 19.2 Å². The van der Waals surface area contributed by atoms with Crippen molar-refractivity contribution >= 4 is 26.2 Å². The summed E-state index contributed by atoms with van der Waals surface area (Å²) in [6, 6.07) is 7.17. The van der Waals surface area contributed by atoms with Crippen LogP contribution in [-0.2, 0) is 11.3 Å². The quantitative estimate of drug-likeness (QED) is 0.298. The molecule has 2 atom stereocenters. The molecule has 0 aliphatic carbocycles. The smallest absolute Gasteiger partial charge is 0.277 e. The van der Waals surface area contributed by atoms with E-state index in [1.807, 2.05) is 24.3 Å². The van der Waals surface area contributed by atoms with Gasteiger partial charge in [0.15, 0.2) is 0 Å². The zero-order valence-electron chi connectivity index (χ0n) is 19.3. The minimum absolute atomic E-state index is 0.276. The molecular formula is C27H30F2N3OP. The fraction of sp³-hybridized carbons (Fsp3) is 0.185. The fourth-order valence-corrected chi connectivity index (χ4v) is 3.60. The van der Waals surface area contributed by atoms with Gasteiger partial charge in [0.1, 0.15) is 11.7 Å². The van der Waals surface area contributed by atoms with Crippen LogP contribution in [0.5, 0.6) is 0 Å². The number of hydrogen-bond acceptors (Lipinski definition) is 3. The molecule has 2 unspecified atom stereocenters. The first-order chi connectivity index (χ1) is 16.4. The van der Waals surface area contributed by atoms with Crippen LogP contribution in [0.4, 0.5) is 8.78 Å². The van der Waals surface area contributed by atoms with Crippen LogP contribution in [0.25, 0.3) is 0 Å². The molecule has 0 aromatic heterocycles. The van der Waals surface area contributed by atoms with Gasteiger partial charge in [-0.2, -0.15) is 5.10 Å². The highest BCUT2D eigenvalue weighted by Crippen LogP contribution is 2.24. The first-order valence-corrected chi connectivity index (χ1v) is 11.3. The van der Waals surface area contributed by atoms with E-state index in [9.17, 15) is 13.6 Å². The normalized spacial score (nSPS) is 22.6. The van der Waals surface area contributed by atoms with Crippen molar-refractivity contribution < 1.29 is 13.6 Å². The van der Waals surface area contributed by atoms with Crippen LogP contribution in [0.3, 0.4) is 0 Å². The summed E-state index contributed by atoms with van der Waals surface area (Å²) in [6.45, 7) is 11.4. The molecule has 0 bridgehead atoms. The number of nitrogens with zero attached hydrogens (tertiary/aromatic N) is 3.